The number of aryl methyl sites for hydroxylation is 1. The summed E-state index contributed by atoms with van der Waals surface area (Å²) in [6.07, 6.45) is 0. The molecule has 2 aromatic carbocycles. The fraction of sp³-hybridized carbons (Fsp3) is 0.208. The number of H-pyrrole nitrogens is 1. The van der Waals surface area contributed by atoms with Crippen LogP contribution in [0.4, 0.5) is 0 Å². The number of rotatable bonds is 7. The number of aromatic nitrogens is 3. The van der Waals surface area contributed by atoms with Crippen molar-refractivity contribution in [2.75, 3.05) is 0 Å². The first-order valence-electron chi connectivity index (χ1n) is 10.3. The molecule has 0 saturated heterocycles. The van der Waals surface area contributed by atoms with Crippen LogP contribution < -0.4 is 16.8 Å². The Balaban J connectivity index is 1.55. The highest BCUT2D eigenvalue weighted by Crippen LogP contribution is 2.28. The number of primary amides is 2. The predicted octanol–water partition coefficient (Wildman–Crippen LogP) is 2.79. The van der Waals surface area contributed by atoms with E-state index in [1.165, 1.54) is 0 Å². The molecule has 0 saturated carbocycles. The smallest absolute Gasteiger partial charge is 0.265 e. The molecule has 8 nitrogen and oxygen atoms in total. The lowest BCUT2D eigenvalue weighted by atomic mass is 9.98. The molecule has 2 amide bonds. The van der Waals surface area contributed by atoms with Gasteiger partial charge in [0.2, 0.25) is 5.91 Å². The molecule has 164 valence electrons. The van der Waals surface area contributed by atoms with Crippen LogP contribution in [0, 0.1) is 0 Å². The lowest BCUT2D eigenvalue weighted by Crippen LogP contribution is -2.36. The maximum absolute atomic E-state index is 11.5. The average molecular weight is 431 g/mol. The van der Waals surface area contributed by atoms with E-state index in [-0.39, 0.29) is 0 Å². The number of carbonyl (C=O) groups is 2. The normalized spacial score (nSPS) is 11.7. The number of benzene rings is 2. The van der Waals surface area contributed by atoms with Crippen molar-refractivity contribution in [1.82, 2.24) is 20.1 Å². The topological polar surface area (TPSA) is 132 Å². The third-order valence-corrected chi connectivity index (χ3v) is 5.68. The first-order chi connectivity index (χ1) is 15.1. The Morgan fingerprint density at radius 3 is 2.41 bits per heavy atom. The highest BCUT2D eigenvalue weighted by Gasteiger charge is 2.24. The summed E-state index contributed by atoms with van der Waals surface area (Å²) < 4.78 is 1.85. The van der Waals surface area contributed by atoms with Crippen LogP contribution in [0.2, 0.25) is 0 Å². The van der Waals surface area contributed by atoms with Gasteiger partial charge in [-0.1, -0.05) is 18.2 Å². The Hall–Kier alpha value is -3.91. The van der Waals surface area contributed by atoms with Crippen molar-refractivity contribution < 1.29 is 9.59 Å². The standard InChI is InChI=1S/C24H26N6O2/c1-24(2,27-13-14-4-6-15(7-5-14)22(25)31)21-12-20(30(3)29-21)16-8-9-18-17(10-16)11-19(28-18)23(26)32/h4-12,27-28H,13H2,1-3H3,(H2,25,31)(H2,26,32). The second kappa shape index (κ2) is 7.97. The van der Waals surface area contributed by atoms with Crippen LogP contribution >= 0.6 is 0 Å². The summed E-state index contributed by atoms with van der Waals surface area (Å²) in [5.41, 5.74) is 15.9. The molecule has 0 fully saturated rings. The minimum atomic E-state index is -0.484. The quantitative estimate of drug-likeness (QED) is 0.359. The highest BCUT2D eigenvalue weighted by atomic mass is 16.1. The maximum Gasteiger partial charge on any atom is 0.265 e. The van der Waals surface area contributed by atoms with Gasteiger partial charge < -0.3 is 21.8 Å². The Morgan fingerprint density at radius 2 is 1.75 bits per heavy atom. The first-order valence-corrected chi connectivity index (χ1v) is 10.3. The van der Waals surface area contributed by atoms with Gasteiger partial charge in [0, 0.05) is 35.6 Å². The third kappa shape index (κ3) is 4.13. The van der Waals surface area contributed by atoms with Crippen LogP contribution in [-0.4, -0.2) is 26.6 Å². The van der Waals surface area contributed by atoms with Crippen molar-refractivity contribution in [2.24, 2.45) is 18.5 Å². The molecule has 0 atom stereocenters. The summed E-state index contributed by atoms with van der Waals surface area (Å²) in [5, 5.41) is 9.17. The van der Waals surface area contributed by atoms with Crippen LogP contribution in [0.3, 0.4) is 0 Å². The SMILES string of the molecule is Cn1nc(C(C)(C)NCc2ccc(C(N)=O)cc2)cc1-c1ccc2[nH]c(C(N)=O)cc2c1. The van der Waals surface area contributed by atoms with E-state index in [0.29, 0.717) is 17.8 Å². The van der Waals surface area contributed by atoms with Crippen LogP contribution in [-0.2, 0) is 19.1 Å². The van der Waals surface area contributed by atoms with E-state index in [1.807, 2.05) is 42.1 Å². The van der Waals surface area contributed by atoms with Crippen LogP contribution in [0.5, 0.6) is 0 Å². The molecule has 0 radical (unpaired) electrons. The average Bonchev–Trinajstić information content (AvgIpc) is 3.36. The van der Waals surface area contributed by atoms with Gasteiger partial charge in [-0.15, -0.1) is 0 Å². The second-order valence-electron chi connectivity index (χ2n) is 8.43. The molecule has 0 bridgehead atoms. The number of hydrogen-bond acceptors (Lipinski definition) is 4. The summed E-state index contributed by atoms with van der Waals surface area (Å²) in [7, 11) is 1.91. The number of amides is 2. The molecule has 0 aliphatic rings. The number of nitrogens with two attached hydrogens (primary N) is 2. The van der Waals surface area contributed by atoms with E-state index in [1.54, 1.807) is 18.2 Å². The van der Waals surface area contributed by atoms with Gasteiger partial charge in [0.15, 0.2) is 0 Å². The molecular formula is C24H26N6O2. The van der Waals surface area contributed by atoms with E-state index in [4.69, 9.17) is 16.6 Å². The van der Waals surface area contributed by atoms with Crippen molar-refractivity contribution in [2.45, 2.75) is 25.9 Å². The minimum Gasteiger partial charge on any atom is -0.366 e. The zero-order valence-corrected chi connectivity index (χ0v) is 18.3. The van der Waals surface area contributed by atoms with E-state index in [2.05, 4.69) is 30.2 Å². The molecule has 4 rings (SSSR count). The first kappa shape index (κ1) is 21.3. The monoisotopic (exact) mass is 430 g/mol. The number of aromatic amines is 1. The summed E-state index contributed by atoms with van der Waals surface area (Å²) >= 11 is 0. The van der Waals surface area contributed by atoms with Gasteiger partial charge in [0.1, 0.15) is 5.69 Å². The predicted molar refractivity (Wildman–Crippen MR) is 124 cm³/mol. The molecule has 2 aromatic heterocycles. The number of hydrogen-bond donors (Lipinski definition) is 4. The fourth-order valence-corrected chi connectivity index (χ4v) is 3.67. The largest absolute Gasteiger partial charge is 0.366 e. The molecular weight excluding hydrogens is 404 g/mol. The maximum atomic E-state index is 11.5. The van der Waals surface area contributed by atoms with Gasteiger partial charge in [-0.05, 0) is 55.8 Å². The highest BCUT2D eigenvalue weighted by molar-refractivity contribution is 5.98. The number of carbonyl (C=O) groups excluding carboxylic acids is 2. The molecule has 32 heavy (non-hydrogen) atoms. The molecule has 0 spiro atoms. The second-order valence-corrected chi connectivity index (χ2v) is 8.43. The van der Waals surface area contributed by atoms with Crippen molar-refractivity contribution in [3.05, 3.63) is 77.1 Å². The minimum absolute atomic E-state index is 0.386. The number of nitrogens with zero attached hydrogens (tertiary/aromatic N) is 2. The molecule has 0 aliphatic carbocycles. The van der Waals surface area contributed by atoms with Crippen molar-refractivity contribution in [3.63, 3.8) is 0 Å². The van der Waals surface area contributed by atoms with E-state index in [9.17, 15) is 9.59 Å². The summed E-state index contributed by atoms with van der Waals surface area (Å²) in [5.74, 6) is -0.919. The molecule has 2 heterocycles. The van der Waals surface area contributed by atoms with Gasteiger partial charge in [-0.25, -0.2) is 0 Å². The lowest BCUT2D eigenvalue weighted by Gasteiger charge is -2.24. The van der Waals surface area contributed by atoms with Crippen molar-refractivity contribution >= 4 is 22.7 Å². The van der Waals surface area contributed by atoms with Crippen LogP contribution in [0.1, 0.15) is 46.0 Å². The van der Waals surface area contributed by atoms with E-state index < -0.39 is 17.4 Å². The Morgan fingerprint density at radius 1 is 1.03 bits per heavy atom. The van der Waals surface area contributed by atoms with Gasteiger partial charge >= 0.3 is 0 Å². The molecule has 6 N–H and O–H groups in total. The third-order valence-electron chi connectivity index (χ3n) is 5.68. The van der Waals surface area contributed by atoms with Crippen molar-refractivity contribution in [1.29, 1.82) is 0 Å². The lowest BCUT2D eigenvalue weighted by molar-refractivity contribution is 0.0989. The molecule has 8 heteroatoms. The van der Waals surface area contributed by atoms with Gasteiger partial charge in [0.05, 0.1) is 16.9 Å². The van der Waals surface area contributed by atoms with Gasteiger partial charge in [-0.2, -0.15) is 5.10 Å². The Labute approximate surface area is 185 Å². The Bertz CT molecular complexity index is 1310. The zero-order valence-electron chi connectivity index (χ0n) is 18.3. The summed E-state index contributed by atoms with van der Waals surface area (Å²) in [4.78, 5) is 25.7. The van der Waals surface area contributed by atoms with Crippen LogP contribution in [0.15, 0.2) is 54.6 Å². The van der Waals surface area contributed by atoms with Gasteiger partial charge in [0.25, 0.3) is 5.91 Å². The zero-order chi connectivity index (χ0) is 23.0. The van der Waals surface area contributed by atoms with E-state index in [0.717, 1.165) is 33.4 Å². The van der Waals surface area contributed by atoms with Crippen LogP contribution in [0.25, 0.3) is 22.2 Å². The number of fused-ring (bicyclic) bond motifs is 1. The summed E-state index contributed by atoms with van der Waals surface area (Å²) in [6.45, 7) is 4.76. The van der Waals surface area contributed by atoms with Gasteiger partial charge in [-0.3, -0.25) is 14.3 Å². The van der Waals surface area contributed by atoms with Crippen molar-refractivity contribution in [3.8, 4) is 11.3 Å². The summed E-state index contributed by atoms with van der Waals surface area (Å²) in [6, 6.07) is 17.0. The fourth-order valence-electron chi connectivity index (χ4n) is 3.67. The van der Waals surface area contributed by atoms with E-state index >= 15 is 0 Å². The molecule has 0 unspecified atom stereocenters. The molecule has 0 aliphatic heterocycles. The Kier molecular flexibility index (Phi) is 5.31. The number of nitrogens with one attached hydrogen (secondary N) is 2. The molecule has 4 aromatic rings.